The van der Waals surface area contributed by atoms with Gasteiger partial charge in [0.05, 0.1) is 13.2 Å². The molecule has 0 aromatic carbocycles. The number of hydrogen-bond acceptors (Lipinski definition) is 2. The smallest absolute Gasteiger partial charge is 0.140 e. The third-order valence-corrected chi connectivity index (χ3v) is 2.53. The van der Waals surface area contributed by atoms with Crippen LogP contribution in [0.2, 0.25) is 0 Å². The fourth-order valence-corrected chi connectivity index (χ4v) is 1.43. The second-order valence-corrected chi connectivity index (χ2v) is 3.28. The Kier molecular flexibility index (Phi) is 3.06. The number of ketones is 1. The van der Waals surface area contributed by atoms with E-state index >= 15 is 0 Å². The van der Waals surface area contributed by atoms with E-state index in [1.165, 1.54) is 0 Å². The van der Waals surface area contributed by atoms with Crippen LogP contribution in [0, 0.1) is 11.8 Å². The van der Waals surface area contributed by atoms with Crippen molar-refractivity contribution in [1.82, 2.24) is 0 Å². The van der Waals surface area contributed by atoms with Crippen molar-refractivity contribution in [2.45, 2.75) is 26.7 Å². The first kappa shape index (κ1) is 8.72. The summed E-state index contributed by atoms with van der Waals surface area (Å²) in [5, 5.41) is 0. The summed E-state index contributed by atoms with van der Waals surface area (Å²) in [5.41, 5.74) is 0. The molecular formula is C9H16O2. The van der Waals surface area contributed by atoms with Crippen LogP contribution in [0.1, 0.15) is 26.7 Å². The molecule has 0 aromatic heterocycles. The van der Waals surface area contributed by atoms with E-state index in [1.54, 1.807) is 0 Å². The van der Waals surface area contributed by atoms with Crippen LogP contribution in [0.5, 0.6) is 0 Å². The summed E-state index contributed by atoms with van der Waals surface area (Å²) >= 11 is 0. The van der Waals surface area contributed by atoms with E-state index in [-0.39, 0.29) is 5.92 Å². The fourth-order valence-electron chi connectivity index (χ4n) is 1.43. The molecule has 0 aromatic rings. The van der Waals surface area contributed by atoms with Crippen molar-refractivity contribution in [2.75, 3.05) is 13.2 Å². The lowest BCUT2D eigenvalue weighted by Gasteiger charge is -2.25. The largest absolute Gasteiger partial charge is 0.380 e. The molecule has 0 bridgehead atoms. The molecule has 1 fully saturated rings. The first-order chi connectivity index (χ1) is 5.25. The minimum atomic E-state index is 0.175. The van der Waals surface area contributed by atoms with Crippen LogP contribution in [0.15, 0.2) is 0 Å². The van der Waals surface area contributed by atoms with E-state index in [0.717, 1.165) is 6.42 Å². The van der Waals surface area contributed by atoms with Gasteiger partial charge in [0.2, 0.25) is 0 Å². The van der Waals surface area contributed by atoms with Crippen LogP contribution in [0.3, 0.4) is 0 Å². The number of carbonyl (C=O) groups is 1. The maximum atomic E-state index is 11.3. The zero-order valence-corrected chi connectivity index (χ0v) is 7.30. The average molecular weight is 156 g/mol. The Bertz CT molecular complexity index is 142. The van der Waals surface area contributed by atoms with Gasteiger partial charge >= 0.3 is 0 Å². The SMILES string of the molecule is CCC(C)C1COCCC1=O. The molecule has 2 unspecified atom stereocenters. The van der Waals surface area contributed by atoms with Crippen LogP contribution in [-0.4, -0.2) is 19.0 Å². The summed E-state index contributed by atoms with van der Waals surface area (Å²) in [4.78, 5) is 11.3. The molecule has 0 saturated carbocycles. The molecule has 0 amide bonds. The number of carbonyl (C=O) groups excluding carboxylic acids is 1. The van der Waals surface area contributed by atoms with Crippen LogP contribution in [-0.2, 0) is 9.53 Å². The van der Waals surface area contributed by atoms with Gasteiger partial charge in [0.25, 0.3) is 0 Å². The lowest BCUT2D eigenvalue weighted by Crippen LogP contribution is -2.32. The normalized spacial score (nSPS) is 28.5. The molecule has 0 aliphatic carbocycles. The Hall–Kier alpha value is -0.370. The lowest BCUT2D eigenvalue weighted by atomic mass is 9.86. The van der Waals surface area contributed by atoms with E-state index < -0.39 is 0 Å². The minimum absolute atomic E-state index is 0.175. The van der Waals surface area contributed by atoms with Gasteiger partial charge in [-0.3, -0.25) is 4.79 Å². The molecule has 1 aliphatic rings. The predicted octanol–water partition coefficient (Wildman–Crippen LogP) is 1.64. The van der Waals surface area contributed by atoms with Crippen molar-refractivity contribution in [3.8, 4) is 0 Å². The second-order valence-electron chi connectivity index (χ2n) is 3.28. The molecule has 0 N–H and O–H groups in total. The van der Waals surface area contributed by atoms with Crippen molar-refractivity contribution in [1.29, 1.82) is 0 Å². The molecule has 2 atom stereocenters. The molecule has 1 saturated heterocycles. The van der Waals surface area contributed by atoms with E-state index in [2.05, 4.69) is 13.8 Å². The van der Waals surface area contributed by atoms with E-state index in [9.17, 15) is 4.79 Å². The molecule has 2 heteroatoms. The maximum absolute atomic E-state index is 11.3. The zero-order valence-electron chi connectivity index (χ0n) is 7.30. The van der Waals surface area contributed by atoms with Gasteiger partial charge in [0.15, 0.2) is 0 Å². The van der Waals surface area contributed by atoms with Crippen LogP contribution >= 0.6 is 0 Å². The topological polar surface area (TPSA) is 26.3 Å². The van der Waals surface area contributed by atoms with Crippen molar-refractivity contribution in [2.24, 2.45) is 11.8 Å². The fraction of sp³-hybridized carbons (Fsp3) is 0.889. The Morgan fingerprint density at radius 3 is 3.00 bits per heavy atom. The summed E-state index contributed by atoms with van der Waals surface area (Å²) < 4.78 is 5.25. The highest BCUT2D eigenvalue weighted by molar-refractivity contribution is 5.82. The third-order valence-electron chi connectivity index (χ3n) is 2.53. The molecule has 1 rings (SSSR count). The summed E-state index contributed by atoms with van der Waals surface area (Å²) in [6, 6.07) is 0. The summed E-state index contributed by atoms with van der Waals surface area (Å²) in [7, 11) is 0. The molecule has 0 spiro atoms. The van der Waals surface area contributed by atoms with Crippen LogP contribution < -0.4 is 0 Å². The first-order valence-electron chi connectivity index (χ1n) is 4.36. The molecular weight excluding hydrogens is 140 g/mol. The molecule has 1 aliphatic heterocycles. The Morgan fingerprint density at radius 2 is 2.45 bits per heavy atom. The number of ether oxygens (including phenoxy) is 1. The summed E-state index contributed by atoms with van der Waals surface area (Å²) in [5.74, 6) is 1.06. The second kappa shape index (κ2) is 3.86. The molecule has 64 valence electrons. The molecule has 0 radical (unpaired) electrons. The minimum Gasteiger partial charge on any atom is -0.380 e. The van der Waals surface area contributed by atoms with Crippen molar-refractivity contribution >= 4 is 5.78 Å². The highest BCUT2D eigenvalue weighted by atomic mass is 16.5. The molecule has 2 nitrogen and oxygen atoms in total. The van der Waals surface area contributed by atoms with Gasteiger partial charge in [-0.15, -0.1) is 0 Å². The molecule has 1 heterocycles. The van der Waals surface area contributed by atoms with Gasteiger partial charge in [-0.2, -0.15) is 0 Å². The third kappa shape index (κ3) is 2.03. The summed E-state index contributed by atoms with van der Waals surface area (Å²) in [6.45, 7) is 5.52. The Morgan fingerprint density at radius 1 is 1.73 bits per heavy atom. The van der Waals surface area contributed by atoms with Gasteiger partial charge in [0, 0.05) is 12.3 Å². The number of Topliss-reactive ketones (excluding diaryl/α,β-unsaturated/α-hetero) is 1. The Labute approximate surface area is 67.9 Å². The van der Waals surface area contributed by atoms with E-state index in [4.69, 9.17) is 4.74 Å². The zero-order chi connectivity index (χ0) is 8.27. The summed E-state index contributed by atoms with van der Waals surface area (Å²) in [6.07, 6.45) is 1.69. The van der Waals surface area contributed by atoms with Gasteiger partial charge in [0.1, 0.15) is 5.78 Å². The number of rotatable bonds is 2. The van der Waals surface area contributed by atoms with Gasteiger partial charge in [-0.05, 0) is 5.92 Å². The molecule has 11 heavy (non-hydrogen) atoms. The quantitative estimate of drug-likeness (QED) is 0.607. The monoisotopic (exact) mass is 156 g/mol. The van der Waals surface area contributed by atoms with Crippen molar-refractivity contribution < 1.29 is 9.53 Å². The highest BCUT2D eigenvalue weighted by Crippen LogP contribution is 2.21. The number of hydrogen-bond donors (Lipinski definition) is 0. The van der Waals surface area contributed by atoms with Crippen LogP contribution in [0.4, 0.5) is 0 Å². The van der Waals surface area contributed by atoms with Gasteiger partial charge < -0.3 is 4.74 Å². The van der Waals surface area contributed by atoms with Crippen LogP contribution in [0.25, 0.3) is 0 Å². The average Bonchev–Trinajstić information content (AvgIpc) is 2.04. The van der Waals surface area contributed by atoms with E-state index in [0.29, 0.717) is 31.3 Å². The highest BCUT2D eigenvalue weighted by Gasteiger charge is 2.26. The van der Waals surface area contributed by atoms with Crippen molar-refractivity contribution in [3.63, 3.8) is 0 Å². The van der Waals surface area contributed by atoms with Gasteiger partial charge in [-0.25, -0.2) is 0 Å². The van der Waals surface area contributed by atoms with Crippen molar-refractivity contribution in [3.05, 3.63) is 0 Å². The van der Waals surface area contributed by atoms with Gasteiger partial charge in [-0.1, -0.05) is 20.3 Å². The maximum Gasteiger partial charge on any atom is 0.140 e. The van der Waals surface area contributed by atoms with E-state index in [1.807, 2.05) is 0 Å². The predicted molar refractivity (Wildman–Crippen MR) is 43.4 cm³/mol. The Balaban J connectivity index is 2.47. The first-order valence-corrected chi connectivity index (χ1v) is 4.36. The standard InChI is InChI=1S/C9H16O2/c1-3-7(2)8-6-11-5-4-9(8)10/h7-8H,3-6H2,1-2H3. The lowest BCUT2D eigenvalue weighted by molar-refractivity contribution is -0.132.